The smallest absolute Gasteiger partial charge is 0.337 e. The van der Waals surface area contributed by atoms with Crippen molar-refractivity contribution in [1.82, 2.24) is 4.98 Å². The number of hydrogen-bond acceptors (Lipinski definition) is 4. The van der Waals surface area contributed by atoms with Crippen LogP contribution in [0.15, 0.2) is 83.9 Å². The quantitative estimate of drug-likeness (QED) is 0.397. The second-order valence-electron chi connectivity index (χ2n) is 6.32. The third-order valence-electron chi connectivity index (χ3n) is 4.34. The van der Waals surface area contributed by atoms with Crippen LogP contribution in [0.3, 0.4) is 0 Å². The zero-order chi connectivity index (χ0) is 20.2. The largest absolute Gasteiger partial charge is 0.478 e. The molecule has 0 saturated carbocycles. The Morgan fingerprint density at radius 3 is 2.62 bits per heavy atom. The summed E-state index contributed by atoms with van der Waals surface area (Å²) < 4.78 is 0. The van der Waals surface area contributed by atoms with E-state index in [4.69, 9.17) is 11.6 Å². The lowest BCUT2D eigenvalue weighted by Crippen LogP contribution is -2.02. The van der Waals surface area contributed by atoms with E-state index in [9.17, 15) is 9.90 Å². The first kappa shape index (κ1) is 18.7. The van der Waals surface area contributed by atoms with E-state index in [1.807, 2.05) is 36.4 Å². The molecule has 2 N–H and O–H groups in total. The van der Waals surface area contributed by atoms with Crippen LogP contribution in [0, 0.1) is 0 Å². The topological polar surface area (TPSA) is 74.6 Å². The molecule has 29 heavy (non-hydrogen) atoms. The number of carboxylic acids is 1. The first-order valence-corrected chi connectivity index (χ1v) is 9.27. The summed E-state index contributed by atoms with van der Waals surface area (Å²) in [6.07, 6.45) is 1.66. The van der Waals surface area contributed by atoms with Crippen LogP contribution in [0.25, 0.3) is 10.9 Å². The molecule has 0 fully saturated rings. The van der Waals surface area contributed by atoms with Crippen LogP contribution in [0.4, 0.5) is 17.1 Å². The van der Waals surface area contributed by atoms with Gasteiger partial charge in [-0.3, -0.25) is 4.99 Å². The summed E-state index contributed by atoms with van der Waals surface area (Å²) in [7, 11) is 0. The maximum atomic E-state index is 11.5. The Bertz CT molecular complexity index is 1240. The number of aromatic nitrogens is 1. The third kappa shape index (κ3) is 4.25. The maximum Gasteiger partial charge on any atom is 0.337 e. The number of aliphatic imine (C=N–C) groups is 1. The van der Waals surface area contributed by atoms with E-state index >= 15 is 0 Å². The number of carbonyl (C=O) groups is 1. The molecule has 4 aromatic rings. The van der Waals surface area contributed by atoms with E-state index in [1.54, 1.807) is 48.7 Å². The van der Waals surface area contributed by atoms with Gasteiger partial charge in [-0.05, 0) is 42.5 Å². The Kier molecular flexibility index (Phi) is 5.22. The van der Waals surface area contributed by atoms with Crippen molar-refractivity contribution in [2.75, 3.05) is 5.32 Å². The van der Waals surface area contributed by atoms with Gasteiger partial charge in [0.15, 0.2) is 0 Å². The highest BCUT2D eigenvalue weighted by Gasteiger charge is 2.11. The molecule has 0 spiro atoms. The average Bonchev–Trinajstić information content (AvgIpc) is 2.74. The molecule has 1 aromatic heterocycles. The van der Waals surface area contributed by atoms with Crippen LogP contribution in [0.1, 0.15) is 16.1 Å². The SMILES string of the molecule is O=C(O)c1ccccc1Nc1ccc(Cl)cc1/N=C/c1ccc2ccccc2n1. The van der Waals surface area contributed by atoms with Gasteiger partial charge in [-0.1, -0.05) is 48.0 Å². The zero-order valence-electron chi connectivity index (χ0n) is 15.2. The maximum absolute atomic E-state index is 11.5. The first-order chi connectivity index (χ1) is 14.1. The highest BCUT2D eigenvalue weighted by Crippen LogP contribution is 2.32. The van der Waals surface area contributed by atoms with Gasteiger partial charge < -0.3 is 10.4 Å². The minimum atomic E-state index is -1.01. The van der Waals surface area contributed by atoms with Gasteiger partial charge in [-0.2, -0.15) is 0 Å². The lowest BCUT2D eigenvalue weighted by atomic mass is 10.1. The van der Waals surface area contributed by atoms with Crippen molar-refractivity contribution in [3.05, 3.63) is 95.1 Å². The number of rotatable bonds is 5. The summed E-state index contributed by atoms with van der Waals surface area (Å²) >= 11 is 6.15. The van der Waals surface area contributed by atoms with Crippen LogP contribution in [0.5, 0.6) is 0 Å². The fourth-order valence-electron chi connectivity index (χ4n) is 2.93. The molecule has 0 aliphatic rings. The summed E-state index contributed by atoms with van der Waals surface area (Å²) in [6.45, 7) is 0. The monoisotopic (exact) mass is 401 g/mol. The van der Waals surface area contributed by atoms with Crippen molar-refractivity contribution >= 4 is 51.7 Å². The van der Waals surface area contributed by atoms with Gasteiger partial charge in [0.05, 0.1) is 40.1 Å². The highest BCUT2D eigenvalue weighted by molar-refractivity contribution is 6.31. The second kappa shape index (κ2) is 8.12. The second-order valence-corrected chi connectivity index (χ2v) is 6.76. The van der Waals surface area contributed by atoms with Crippen LogP contribution < -0.4 is 5.32 Å². The van der Waals surface area contributed by atoms with Crippen LogP contribution >= 0.6 is 11.6 Å². The molecule has 0 radical (unpaired) electrons. The minimum absolute atomic E-state index is 0.175. The fraction of sp³-hybridized carbons (Fsp3) is 0. The van der Waals surface area contributed by atoms with Gasteiger partial charge in [0.2, 0.25) is 0 Å². The van der Waals surface area contributed by atoms with Crippen LogP contribution in [-0.4, -0.2) is 22.3 Å². The molecule has 0 amide bonds. The van der Waals surface area contributed by atoms with E-state index in [-0.39, 0.29) is 5.56 Å². The molecule has 0 saturated heterocycles. The standard InChI is InChI=1S/C23H16ClN3O2/c24-16-10-12-21(27-20-8-4-2-6-18(20)23(28)29)22(13-16)25-14-17-11-9-15-5-1-3-7-19(15)26-17/h1-14,27H,(H,28,29)/b25-14+. The number of para-hydroxylation sites is 2. The lowest BCUT2D eigenvalue weighted by molar-refractivity contribution is 0.0698. The molecule has 3 aromatic carbocycles. The van der Waals surface area contributed by atoms with Gasteiger partial charge in [-0.25, -0.2) is 9.78 Å². The predicted octanol–water partition coefficient (Wildman–Crippen LogP) is 6.08. The number of nitrogens with one attached hydrogen (secondary N) is 1. The van der Waals surface area contributed by atoms with Gasteiger partial charge >= 0.3 is 5.97 Å². The van der Waals surface area contributed by atoms with Crippen LogP contribution in [0.2, 0.25) is 5.02 Å². The van der Waals surface area contributed by atoms with Crippen molar-refractivity contribution in [3.63, 3.8) is 0 Å². The molecule has 0 atom stereocenters. The van der Waals surface area contributed by atoms with E-state index in [1.165, 1.54) is 0 Å². The fourth-order valence-corrected chi connectivity index (χ4v) is 3.10. The number of fused-ring (bicyclic) bond motifs is 1. The molecule has 1 heterocycles. The van der Waals surface area contributed by atoms with Crippen molar-refractivity contribution in [2.45, 2.75) is 0 Å². The van der Waals surface area contributed by atoms with Gasteiger partial charge in [-0.15, -0.1) is 0 Å². The number of benzene rings is 3. The van der Waals surface area contributed by atoms with Gasteiger partial charge in [0.25, 0.3) is 0 Å². The molecule has 142 valence electrons. The molecule has 0 unspecified atom stereocenters. The molecule has 6 heteroatoms. The predicted molar refractivity (Wildman–Crippen MR) is 117 cm³/mol. The molecule has 0 aliphatic heterocycles. The average molecular weight is 402 g/mol. The number of halogens is 1. The minimum Gasteiger partial charge on any atom is -0.478 e. The van der Waals surface area contributed by atoms with Crippen LogP contribution in [-0.2, 0) is 0 Å². The normalized spacial score (nSPS) is 11.1. The molecule has 4 rings (SSSR count). The van der Waals surface area contributed by atoms with E-state index in [2.05, 4.69) is 15.3 Å². The lowest BCUT2D eigenvalue weighted by Gasteiger charge is -2.12. The van der Waals surface area contributed by atoms with Crippen molar-refractivity contribution in [2.24, 2.45) is 4.99 Å². The molecule has 0 bridgehead atoms. The molecule has 0 aliphatic carbocycles. The summed E-state index contributed by atoms with van der Waals surface area (Å²) in [5.74, 6) is -1.01. The summed E-state index contributed by atoms with van der Waals surface area (Å²) in [4.78, 5) is 20.6. The summed E-state index contributed by atoms with van der Waals surface area (Å²) in [5, 5.41) is 14.1. The molecular weight excluding hydrogens is 386 g/mol. The van der Waals surface area contributed by atoms with E-state index < -0.39 is 5.97 Å². The van der Waals surface area contributed by atoms with Crippen molar-refractivity contribution < 1.29 is 9.90 Å². The first-order valence-electron chi connectivity index (χ1n) is 8.89. The summed E-state index contributed by atoms with van der Waals surface area (Å²) in [6, 6.07) is 23.6. The Labute approximate surface area is 172 Å². The van der Waals surface area contributed by atoms with E-state index in [0.29, 0.717) is 27.8 Å². The number of anilines is 2. The Hall–Kier alpha value is -3.70. The third-order valence-corrected chi connectivity index (χ3v) is 4.58. The highest BCUT2D eigenvalue weighted by atomic mass is 35.5. The number of nitrogens with zero attached hydrogens (tertiary/aromatic N) is 2. The van der Waals surface area contributed by atoms with Crippen molar-refractivity contribution in [1.29, 1.82) is 0 Å². The Morgan fingerprint density at radius 1 is 0.966 bits per heavy atom. The summed E-state index contributed by atoms with van der Waals surface area (Å²) in [5.41, 5.74) is 3.46. The van der Waals surface area contributed by atoms with Crippen molar-refractivity contribution in [3.8, 4) is 0 Å². The molecule has 5 nitrogen and oxygen atoms in total. The van der Waals surface area contributed by atoms with E-state index in [0.717, 1.165) is 10.9 Å². The van der Waals surface area contributed by atoms with Gasteiger partial charge in [0.1, 0.15) is 0 Å². The number of aromatic carboxylic acids is 1. The zero-order valence-corrected chi connectivity index (χ0v) is 16.0. The number of hydrogen-bond donors (Lipinski definition) is 2. The molecular formula is C23H16ClN3O2. The number of pyridine rings is 1. The van der Waals surface area contributed by atoms with Gasteiger partial charge in [0, 0.05) is 10.4 Å². The Balaban J connectivity index is 1.68. The number of carboxylic acid groups (broad SMARTS) is 1. The Morgan fingerprint density at radius 2 is 1.76 bits per heavy atom.